The Kier molecular flexibility index (Phi) is 5.12. The molecule has 0 fully saturated rings. The van der Waals surface area contributed by atoms with Gasteiger partial charge in [-0.3, -0.25) is 19.3 Å². The van der Waals surface area contributed by atoms with Gasteiger partial charge in [0.15, 0.2) is 0 Å². The molecule has 2 heterocycles. The van der Waals surface area contributed by atoms with Gasteiger partial charge in [-0.1, -0.05) is 19.8 Å². The molecule has 0 aliphatic heterocycles. The van der Waals surface area contributed by atoms with E-state index in [-0.39, 0.29) is 11.4 Å². The molecule has 0 spiro atoms. The summed E-state index contributed by atoms with van der Waals surface area (Å²) < 4.78 is 1.31. The molecule has 0 aromatic carbocycles. The van der Waals surface area contributed by atoms with Crippen molar-refractivity contribution in [1.82, 2.24) is 14.7 Å². The van der Waals surface area contributed by atoms with Crippen LogP contribution in [0.1, 0.15) is 42.4 Å². The smallest absolute Gasteiger partial charge is 0.326 e. The van der Waals surface area contributed by atoms with Crippen molar-refractivity contribution in [3.63, 3.8) is 0 Å². The summed E-state index contributed by atoms with van der Waals surface area (Å²) in [5.74, 6) is -1.74. The predicted octanol–water partition coefficient (Wildman–Crippen LogP) is 1.92. The van der Waals surface area contributed by atoms with Gasteiger partial charge < -0.3 is 10.4 Å². The van der Waals surface area contributed by atoms with E-state index >= 15 is 0 Å². The molecule has 0 radical (unpaired) electrons. The third-order valence-corrected chi connectivity index (χ3v) is 3.65. The van der Waals surface area contributed by atoms with Gasteiger partial charge in [0.1, 0.15) is 17.4 Å². The number of carbonyl (C=O) groups is 2. The van der Waals surface area contributed by atoms with Gasteiger partial charge in [0, 0.05) is 6.07 Å². The van der Waals surface area contributed by atoms with Crippen molar-refractivity contribution < 1.29 is 19.6 Å². The van der Waals surface area contributed by atoms with Gasteiger partial charge in [0.2, 0.25) is 0 Å². The Morgan fingerprint density at radius 2 is 2.17 bits per heavy atom. The molecule has 2 aromatic heterocycles. The summed E-state index contributed by atoms with van der Waals surface area (Å²) in [5, 5.41) is 22.6. The molecule has 1 atom stereocenters. The zero-order chi connectivity index (χ0) is 17.9. The highest BCUT2D eigenvalue weighted by Crippen LogP contribution is 2.18. The van der Waals surface area contributed by atoms with Crippen molar-refractivity contribution in [1.29, 1.82) is 0 Å². The molecule has 1 amide bonds. The van der Waals surface area contributed by atoms with E-state index in [1.807, 2.05) is 6.92 Å². The molecule has 0 aliphatic rings. The second kappa shape index (κ2) is 7.07. The van der Waals surface area contributed by atoms with E-state index in [0.29, 0.717) is 24.2 Å². The largest absolute Gasteiger partial charge is 0.480 e. The normalized spacial score (nSPS) is 12.1. The summed E-state index contributed by atoms with van der Waals surface area (Å²) in [6, 6.07) is 1.72. The summed E-state index contributed by atoms with van der Waals surface area (Å²) in [4.78, 5) is 38.3. The predicted molar refractivity (Wildman–Crippen MR) is 85.0 cm³/mol. The van der Waals surface area contributed by atoms with Gasteiger partial charge in [-0.05, 0) is 19.4 Å². The van der Waals surface area contributed by atoms with Gasteiger partial charge >= 0.3 is 5.97 Å². The summed E-state index contributed by atoms with van der Waals surface area (Å²) in [6.07, 6.45) is 2.98. The number of nitro groups is 1. The van der Waals surface area contributed by atoms with Gasteiger partial charge in [0.25, 0.3) is 11.6 Å². The average Bonchev–Trinajstić information content (AvgIpc) is 2.85. The van der Waals surface area contributed by atoms with Crippen LogP contribution in [0.15, 0.2) is 18.3 Å². The number of aryl methyl sites for hydroxylation is 1. The fourth-order valence-corrected chi connectivity index (χ4v) is 2.42. The fourth-order valence-electron chi connectivity index (χ4n) is 2.42. The second-order valence-corrected chi connectivity index (χ2v) is 5.42. The van der Waals surface area contributed by atoms with Crippen molar-refractivity contribution >= 4 is 23.2 Å². The van der Waals surface area contributed by atoms with Gasteiger partial charge in [-0.2, -0.15) is 0 Å². The maximum atomic E-state index is 12.5. The third-order valence-electron chi connectivity index (χ3n) is 3.65. The molecule has 24 heavy (non-hydrogen) atoms. The number of carboxylic acids is 1. The number of carbonyl (C=O) groups excluding carboxylic acids is 1. The third kappa shape index (κ3) is 3.50. The minimum atomic E-state index is -1.12. The number of nitrogens with zero attached hydrogens (tertiary/aromatic N) is 3. The summed E-state index contributed by atoms with van der Waals surface area (Å²) in [5.41, 5.74) is 0.655. The second-order valence-electron chi connectivity index (χ2n) is 5.42. The van der Waals surface area contributed by atoms with Crippen LogP contribution in [-0.2, 0) is 4.79 Å². The van der Waals surface area contributed by atoms with Crippen LogP contribution in [0.25, 0.3) is 5.65 Å². The Morgan fingerprint density at radius 3 is 2.75 bits per heavy atom. The van der Waals surface area contributed by atoms with E-state index in [2.05, 4.69) is 10.3 Å². The lowest BCUT2D eigenvalue weighted by molar-refractivity contribution is -0.385. The molecule has 1 unspecified atom stereocenters. The quantitative estimate of drug-likeness (QED) is 0.588. The highest BCUT2D eigenvalue weighted by Gasteiger charge is 2.24. The van der Waals surface area contributed by atoms with Crippen LogP contribution in [0, 0.1) is 17.0 Å². The molecule has 2 aromatic rings. The van der Waals surface area contributed by atoms with Crippen molar-refractivity contribution in [2.75, 3.05) is 0 Å². The molecule has 0 saturated heterocycles. The molecule has 2 rings (SSSR count). The maximum Gasteiger partial charge on any atom is 0.326 e. The Balaban J connectivity index is 2.37. The number of nitrogens with one attached hydrogen (secondary N) is 1. The number of aromatic nitrogens is 2. The maximum absolute atomic E-state index is 12.5. The number of fused-ring (bicyclic) bond motifs is 1. The van der Waals surface area contributed by atoms with Crippen LogP contribution in [0.3, 0.4) is 0 Å². The van der Waals surface area contributed by atoms with Crippen LogP contribution in [0.4, 0.5) is 5.69 Å². The van der Waals surface area contributed by atoms with Crippen molar-refractivity contribution in [3.05, 3.63) is 39.8 Å². The molecule has 0 bridgehead atoms. The minimum absolute atomic E-state index is 0.0939. The number of imidazole rings is 1. The Morgan fingerprint density at radius 1 is 1.46 bits per heavy atom. The molecule has 9 heteroatoms. The van der Waals surface area contributed by atoms with Crippen LogP contribution in [0.5, 0.6) is 0 Å². The van der Waals surface area contributed by atoms with Crippen LogP contribution >= 0.6 is 0 Å². The standard InChI is InChI=1S/C15H18N4O5/c1-3-4-5-11(15(21)22)17-14(20)13-9(2)16-12-7-6-10(19(23)24)8-18(12)13/h6-8,11H,3-5H2,1-2H3,(H,17,20)(H,21,22). The van der Waals surface area contributed by atoms with Crippen LogP contribution in [-0.4, -0.2) is 37.3 Å². The van der Waals surface area contributed by atoms with Crippen molar-refractivity contribution in [2.45, 2.75) is 39.2 Å². The highest BCUT2D eigenvalue weighted by atomic mass is 16.6. The van der Waals surface area contributed by atoms with E-state index in [1.165, 1.54) is 22.7 Å². The molecule has 9 nitrogen and oxygen atoms in total. The minimum Gasteiger partial charge on any atom is -0.480 e. The highest BCUT2D eigenvalue weighted by molar-refractivity contribution is 5.97. The van der Waals surface area contributed by atoms with E-state index < -0.39 is 22.8 Å². The topological polar surface area (TPSA) is 127 Å². The first-order valence-corrected chi connectivity index (χ1v) is 7.52. The average molecular weight is 334 g/mol. The first-order chi connectivity index (χ1) is 11.3. The molecule has 0 saturated carbocycles. The zero-order valence-corrected chi connectivity index (χ0v) is 13.4. The summed E-state index contributed by atoms with van der Waals surface area (Å²) in [7, 11) is 0. The molecule has 2 N–H and O–H groups in total. The summed E-state index contributed by atoms with van der Waals surface area (Å²) >= 11 is 0. The number of pyridine rings is 1. The zero-order valence-electron chi connectivity index (χ0n) is 13.4. The van der Waals surface area contributed by atoms with E-state index in [1.54, 1.807) is 6.92 Å². The molecule has 128 valence electrons. The SMILES string of the molecule is CCCCC(NC(=O)c1c(C)nc2ccc([N+](=O)[O-])cn12)C(=O)O. The Hall–Kier alpha value is -2.97. The number of amides is 1. The van der Waals surface area contributed by atoms with E-state index in [4.69, 9.17) is 0 Å². The molecular weight excluding hydrogens is 316 g/mol. The molecule has 0 aliphatic carbocycles. The van der Waals surface area contributed by atoms with Crippen molar-refractivity contribution in [3.8, 4) is 0 Å². The lowest BCUT2D eigenvalue weighted by Crippen LogP contribution is -2.41. The number of hydrogen-bond acceptors (Lipinski definition) is 5. The van der Waals surface area contributed by atoms with Crippen molar-refractivity contribution in [2.24, 2.45) is 0 Å². The number of carboxylic acid groups (broad SMARTS) is 1. The lowest BCUT2D eigenvalue weighted by Gasteiger charge is -2.14. The van der Waals surface area contributed by atoms with E-state index in [0.717, 1.165) is 6.42 Å². The first-order valence-electron chi connectivity index (χ1n) is 7.52. The number of aliphatic carboxylic acids is 1. The first kappa shape index (κ1) is 17.4. The van der Waals surface area contributed by atoms with Crippen LogP contribution < -0.4 is 5.32 Å². The van der Waals surface area contributed by atoms with Gasteiger partial charge in [-0.15, -0.1) is 0 Å². The molecular formula is C15H18N4O5. The monoisotopic (exact) mass is 334 g/mol. The van der Waals surface area contributed by atoms with Crippen LogP contribution in [0.2, 0.25) is 0 Å². The number of unbranched alkanes of at least 4 members (excludes halogenated alkanes) is 1. The summed E-state index contributed by atoms with van der Waals surface area (Å²) in [6.45, 7) is 3.52. The number of hydrogen-bond donors (Lipinski definition) is 2. The Bertz CT molecular complexity index is 799. The number of rotatable bonds is 7. The fraction of sp³-hybridized carbons (Fsp3) is 0.400. The van der Waals surface area contributed by atoms with E-state index in [9.17, 15) is 24.8 Å². The van der Waals surface area contributed by atoms with Gasteiger partial charge in [-0.25, -0.2) is 9.78 Å². The lowest BCUT2D eigenvalue weighted by atomic mass is 10.1. The Labute approximate surface area is 137 Å². The van der Waals surface area contributed by atoms with Gasteiger partial charge in [0.05, 0.1) is 16.8 Å².